The molecule has 0 bridgehead atoms. The molecule has 0 aliphatic heterocycles. The summed E-state index contributed by atoms with van der Waals surface area (Å²) in [6.45, 7) is 8.05. The van der Waals surface area contributed by atoms with Crippen LogP contribution in [0.15, 0.2) is 53.1 Å². The minimum absolute atomic E-state index is 0.156. The monoisotopic (exact) mass is 448 g/mol. The number of carbonyl (C=O) groups excluding carboxylic acids is 1. The molecule has 4 aromatic rings. The Bertz CT molecular complexity index is 1270. The van der Waals surface area contributed by atoms with Gasteiger partial charge in [0.2, 0.25) is 0 Å². The Morgan fingerprint density at radius 2 is 1.76 bits per heavy atom. The number of nitrogens with one attached hydrogen (secondary N) is 1. The molecule has 7 nitrogen and oxygen atoms in total. The van der Waals surface area contributed by atoms with E-state index in [0.717, 1.165) is 16.8 Å². The number of rotatable bonds is 7. The average Bonchev–Trinajstić information content (AvgIpc) is 3.29. The lowest BCUT2D eigenvalue weighted by atomic mass is 10.2. The van der Waals surface area contributed by atoms with Gasteiger partial charge in [0.05, 0.1) is 29.2 Å². The fourth-order valence-corrected chi connectivity index (χ4v) is 3.50. The van der Waals surface area contributed by atoms with Gasteiger partial charge in [-0.1, -0.05) is 35.0 Å². The minimum atomic E-state index is -0.401. The van der Waals surface area contributed by atoms with Gasteiger partial charge < -0.3 is 14.6 Å². The number of benzene rings is 2. The van der Waals surface area contributed by atoms with E-state index in [1.54, 1.807) is 23.7 Å². The molecule has 1 N–H and O–H groups in total. The van der Waals surface area contributed by atoms with Gasteiger partial charge in [-0.25, -0.2) is 4.39 Å². The predicted molar refractivity (Wildman–Crippen MR) is 122 cm³/mol. The summed E-state index contributed by atoms with van der Waals surface area (Å²) in [7, 11) is 0. The van der Waals surface area contributed by atoms with Crippen LogP contribution in [0, 0.1) is 33.5 Å². The van der Waals surface area contributed by atoms with Crippen molar-refractivity contribution >= 4 is 11.6 Å². The van der Waals surface area contributed by atoms with E-state index in [9.17, 15) is 9.18 Å². The van der Waals surface area contributed by atoms with E-state index in [-0.39, 0.29) is 18.1 Å². The maximum absolute atomic E-state index is 13.2. The lowest BCUT2D eigenvalue weighted by molar-refractivity contribution is 0.101. The summed E-state index contributed by atoms with van der Waals surface area (Å²) in [6, 6.07) is 13.9. The number of hydrogen-bond donors (Lipinski definition) is 1. The first-order valence-corrected chi connectivity index (χ1v) is 10.6. The third-order valence-corrected chi connectivity index (χ3v) is 5.47. The van der Waals surface area contributed by atoms with E-state index in [1.165, 1.54) is 12.1 Å². The Hall–Kier alpha value is -3.94. The summed E-state index contributed by atoms with van der Waals surface area (Å²) >= 11 is 0. The number of ether oxygens (including phenoxy) is 1. The molecule has 0 saturated carbocycles. The number of carbonyl (C=O) groups is 1. The van der Waals surface area contributed by atoms with Crippen LogP contribution >= 0.6 is 0 Å². The quantitative estimate of drug-likeness (QED) is 0.424. The smallest absolute Gasteiger partial charge is 0.278 e. The molecule has 2 aromatic carbocycles. The number of aryl methyl sites for hydroxylation is 3. The number of aromatic nitrogens is 3. The van der Waals surface area contributed by atoms with Crippen LogP contribution in [0.3, 0.4) is 0 Å². The molecule has 0 unspecified atom stereocenters. The second-order valence-corrected chi connectivity index (χ2v) is 7.95. The van der Waals surface area contributed by atoms with Crippen LogP contribution in [0.1, 0.15) is 44.3 Å². The molecule has 0 spiro atoms. The van der Waals surface area contributed by atoms with E-state index >= 15 is 0 Å². The largest absolute Gasteiger partial charge is 0.489 e. The summed E-state index contributed by atoms with van der Waals surface area (Å²) in [5.74, 6) is 0.529. The fraction of sp³-hybridized carbons (Fsp3) is 0.240. The lowest BCUT2D eigenvalue weighted by Crippen LogP contribution is -2.16. The van der Waals surface area contributed by atoms with Gasteiger partial charge in [0, 0.05) is 0 Å². The van der Waals surface area contributed by atoms with Crippen LogP contribution < -0.4 is 10.1 Å². The van der Waals surface area contributed by atoms with Crippen molar-refractivity contribution in [2.24, 2.45) is 0 Å². The van der Waals surface area contributed by atoms with Crippen LogP contribution in [-0.4, -0.2) is 20.8 Å². The highest BCUT2D eigenvalue weighted by atomic mass is 19.1. The maximum atomic E-state index is 13.2. The highest BCUT2D eigenvalue weighted by molar-refractivity contribution is 6.04. The van der Waals surface area contributed by atoms with Crippen LogP contribution in [0.5, 0.6) is 5.75 Å². The molecule has 0 atom stereocenters. The maximum Gasteiger partial charge on any atom is 0.278 e. The van der Waals surface area contributed by atoms with Crippen molar-refractivity contribution in [2.45, 2.75) is 40.8 Å². The molecule has 2 aromatic heterocycles. The second kappa shape index (κ2) is 9.28. The summed E-state index contributed by atoms with van der Waals surface area (Å²) in [5.41, 5.74) is 4.85. The van der Waals surface area contributed by atoms with Gasteiger partial charge in [0.15, 0.2) is 5.69 Å². The zero-order chi connectivity index (χ0) is 23.5. The molecule has 8 heteroatoms. The Kier molecular flexibility index (Phi) is 6.26. The number of anilines is 1. The van der Waals surface area contributed by atoms with Gasteiger partial charge in [-0.15, -0.1) is 0 Å². The van der Waals surface area contributed by atoms with Crippen molar-refractivity contribution < 1.29 is 18.4 Å². The molecule has 0 fully saturated rings. The first-order valence-electron chi connectivity index (χ1n) is 10.6. The fourth-order valence-electron chi connectivity index (χ4n) is 3.50. The predicted octanol–water partition coefficient (Wildman–Crippen LogP) is 5.12. The van der Waals surface area contributed by atoms with Crippen LogP contribution in [-0.2, 0) is 13.2 Å². The highest BCUT2D eigenvalue weighted by Crippen LogP contribution is 2.23. The normalized spacial score (nSPS) is 10.9. The molecule has 0 aliphatic carbocycles. The second-order valence-electron chi connectivity index (χ2n) is 7.95. The lowest BCUT2D eigenvalue weighted by Gasteiger charge is -2.08. The zero-order valence-corrected chi connectivity index (χ0v) is 19.0. The first-order chi connectivity index (χ1) is 15.8. The van der Waals surface area contributed by atoms with Crippen LogP contribution in [0.2, 0.25) is 0 Å². The number of halogens is 1. The van der Waals surface area contributed by atoms with Gasteiger partial charge in [-0.3, -0.25) is 9.48 Å². The highest BCUT2D eigenvalue weighted by Gasteiger charge is 2.23. The summed E-state index contributed by atoms with van der Waals surface area (Å²) in [5, 5.41) is 11.4. The number of amides is 1. The average molecular weight is 448 g/mol. The first kappa shape index (κ1) is 22.3. The van der Waals surface area contributed by atoms with Crippen molar-refractivity contribution in [2.75, 3.05) is 5.32 Å². The summed E-state index contributed by atoms with van der Waals surface area (Å²) in [6.07, 6.45) is 0. The van der Waals surface area contributed by atoms with Crippen molar-refractivity contribution in [3.05, 3.63) is 93.9 Å². The molecule has 33 heavy (non-hydrogen) atoms. The molecule has 0 radical (unpaired) electrons. The Morgan fingerprint density at radius 1 is 1.06 bits per heavy atom. The Balaban J connectivity index is 1.50. The third-order valence-electron chi connectivity index (χ3n) is 5.47. The Labute approximate surface area is 191 Å². The van der Waals surface area contributed by atoms with Gasteiger partial charge in [-0.05, 0) is 57.5 Å². The van der Waals surface area contributed by atoms with Crippen LogP contribution in [0.4, 0.5) is 10.1 Å². The standard InChI is InChI=1S/C25H25FN4O3/c1-15-5-11-21(12-6-15)32-14-22-18(4)33-29-24(22)25(31)27-23-16(2)28-30(17(23)3)13-19-7-9-20(26)10-8-19/h5-12H,13-14H2,1-4H3,(H,27,31). The third kappa shape index (κ3) is 4.95. The van der Waals surface area contributed by atoms with E-state index < -0.39 is 5.91 Å². The van der Waals surface area contributed by atoms with E-state index in [2.05, 4.69) is 15.6 Å². The minimum Gasteiger partial charge on any atom is -0.489 e. The molecule has 0 saturated heterocycles. The van der Waals surface area contributed by atoms with E-state index in [4.69, 9.17) is 9.26 Å². The van der Waals surface area contributed by atoms with Gasteiger partial charge in [0.1, 0.15) is 23.9 Å². The van der Waals surface area contributed by atoms with Gasteiger partial charge in [-0.2, -0.15) is 5.10 Å². The molecule has 0 aliphatic rings. The van der Waals surface area contributed by atoms with Crippen molar-refractivity contribution in [3.63, 3.8) is 0 Å². The van der Waals surface area contributed by atoms with Crippen LogP contribution in [0.25, 0.3) is 0 Å². The van der Waals surface area contributed by atoms with E-state index in [0.29, 0.717) is 35.0 Å². The molecule has 170 valence electrons. The molecular weight excluding hydrogens is 423 g/mol. The van der Waals surface area contributed by atoms with Crippen molar-refractivity contribution in [1.29, 1.82) is 0 Å². The molecule has 1 amide bonds. The zero-order valence-electron chi connectivity index (χ0n) is 19.0. The number of hydrogen-bond acceptors (Lipinski definition) is 5. The van der Waals surface area contributed by atoms with E-state index in [1.807, 2.05) is 45.0 Å². The SMILES string of the molecule is Cc1ccc(OCc2c(C(=O)Nc3c(C)nn(Cc4ccc(F)cc4)c3C)noc2C)cc1. The topological polar surface area (TPSA) is 82.2 Å². The molecular formula is C25H25FN4O3. The number of nitrogens with zero attached hydrogens (tertiary/aromatic N) is 3. The van der Waals surface area contributed by atoms with Gasteiger partial charge >= 0.3 is 0 Å². The van der Waals surface area contributed by atoms with Crippen molar-refractivity contribution in [3.8, 4) is 5.75 Å². The molecule has 2 heterocycles. The molecule has 4 rings (SSSR count). The van der Waals surface area contributed by atoms with Crippen molar-refractivity contribution in [1.82, 2.24) is 14.9 Å². The van der Waals surface area contributed by atoms with Gasteiger partial charge in [0.25, 0.3) is 5.91 Å². The Morgan fingerprint density at radius 3 is 2.45 bits per heavy atom. The summed E-state index contributed by atoms with van der Waals surface area (Å²) in [4.78, 5) is 13.0. The summed E-state index contributed by atoms with van der Waals surface area (Å²) < 4.78 is 26.1.